The lowest BCUT2D eigenvalue weighted by atomic mass is 10.3. The van der Waals surface area contributed by atoms with Crippen molar-refractivity contribution >= 4 is 11.6 Å². The molecular weight excluding hydrogens is 212 g/mol. The summed E-state index contributed by atoms with van der Waals surface area (Å²) < 4.78 is 0. The van der Waals surface area contributed by atoms with Crippen LogP contribution in [0.4, 0.5) is 5.69 Å². The lowest BCUT2D eigenvalue weighted by Gasteiger charge is -2.20. The average Bonchev–Trinajstić information content (AvgIpc) is 3.03. The number of hydrogen-bond acceptors (Lipinski definition) is 2. The number of para-hydroxylation sites is 1. The summed E-state index contributed by atoms with van der Waals surface area (Å²) in [5, 5.41) is 0. The Morgan fingerprint density at radius 3 is 2.65 bits per heavy atom. The van der Waals surface area contributed by atoms with Gasteiger partial charge < -0.3 is 4.90 Å². The minimum Gasteiger partial charge on any atom is -0.344 e. The summed E-state index contributed by atoms with van der Waals surface area (Å²) in [6.45, 7) is 3.29. The number of nitrogens with one attached hydrogen (secondary N) is 1. The third-order valence-electron chi connectivity index (χ3n) is 3.27. The summed E-state index contributed by atoms with van der Waals surface area (Å²) in [5.74, 6) is 7.88. The first-order chi connectivity index (χ1) is 8.20. The van der Waals surface area contributed by atoms with Crippen molar-refractivity contribution in [2.75, 3.05) is 13.6 Å². The SMILES string of the molecule is CC1CC1CN(C)C(=Nc1ccccc1)NN. The van der Waals surface area contributed by atoms with E-state index in [0.717, 1.165) is 30.0 Å². The molecule has 4 nitrogen and oxygen atoms in total. The molecule has 1 aromatic carbocycles. The van der Waals surface area contributed by atoms with Crippen LogP contribution in [-0.4, -0.2) is 24.5 Å². The fourth-order valence-electron chi connectivity index (χ4n) is 1.94. The first kappa shape index (κ1) is 11.9. The van der Waals surface area contributed by atoms with E-state index in [-0.39, 0.29) is 0 Å². The lowest BCUT2D eigenvalue weighted by molar-refractivity contribution is 0.447. The van der Waals surface area contributed by atoms with Crippen molar-refractivity contribution in [3.8, 4) is 0 Å². The number of guanidine groups is 1. The largest absolute Gasteiger partial charge is 0.344 e. The summed E-state index contributed by atoms with van der Waals surface area (Å²) in [4.78, 5) is 6.57. The Hall–Kier alpha value is -1.55. The highest BCUT2D eigenvalue weighted by atomic mass is 15.4. The van der Waals surface area contributed by atoms with Crippen molar-refractivity contribution in [1.82, 2.24) is 10.3 Å². The van der Waals surface area contributed by atoms with Crippen LogP contribution < -0.4 is 11.3 Å². The highest BCUT2D eigenvalue weighted by Crippen LogP contribution is 2.37. The van der Waals surface area contributed by atoms with Crippen molar-refractivity contribution in [2.24, 2.45) is 22.7 Å². The molecule has 92 valence electrons. The molecule has 0 amide bonds. The van der Waals surface area contributed by atoms with Crippen molar-refractivity contribution in [2.45, 2.75) is 13.3 Å². The molecule has 0 aliphatic heterocycles. The number of hydrazine groups is 1. The standard InChI is InChI=1S/C13H20N4/c1-10-8-11(10)9-17(2)13(16-14)15-12-6-4-3-5-7-12/h3-7,10-11H,8-9,14H2,1-2H3,(H,15,16). The second kappa shape index (κ2) is 5.19. The van der Waals surface area contributed by atoms with Crippen molar-refractivity contribution in [1.29, 1.82) is 0 Å². The fourth-order valence-corrected chi connectivity index (χ4v) is 1.94. The number of rotatable bonds is 3. The molecule has 1 aliphatic rings. The summed E-state index contributed by atoms with van der Waals surface area (Å²) in [6.07, 6.45) is 1.31. The Balaban J connectivity index is 2.02. The smallest absolute Gasteiger partial charge is 0.213 e. The molecule has 2 rings (SSSR count). The summed E-state index contributed by atoms with van der Waals surface area (Å²) in [6, 6.07) is 9.84. The Morgan fingerprint density at radius 2 is 2.12 bits per heavy atom. The van der Waals surface area contributed by atoms with Gasteiger partial charge in [-0.2, -0.15) is 0 Å². The fraction of sp³-hybridized carbons (Fsp3) is 0.462. The van der Waals surface area contributed by atoms with Gasteiger partial charge in [0.05, 0.1) is 5.69 Å². The van der Waals surface area contributed by atoms with E-state index in [2.05, 4.69) is 22.2 Å². The van der Waals surface area contributed by atoms with Gasteiger partial charge in [-0.05, 0) is 30.4 Å². The van der Waals surface area contributed by atoms with Crippen molar-refractivity contribution in [3.63, 3.8) is 0 Å². The number of nitrogens with zero attached hydrogens (tertiary/aromatic N) is 2. The van der Waals surface area contributed by atoms with Crippen LogP contribution in [0.1, 0.15) is 13.3 Å². The van der Waals surface area contributed by atoms with E-state index in [0.29, 0.717) is 0 Å². The highest BCUT2D eigenvalue weighted by Gasteiger charge is 2.33. The molecule has 4 heteroatoms. The van der Waals surface area contributed by atoms with Crippen LogP contribution in [0.2, 0.25) is 0 Å². The third kappa shape index (κ3) is 3.20. The lowest BCUT2D eigenvalue weighted by Crippen LogP contribution is -2.43. The zero-order valence-corrected chi connectivity index (χ0v) is 10.4. The Bertz CT molecular complexity index is 388. The van der Waals surface area contributed by atoms with E-state index >= 15 is 0 Å². The number of nitrogens with two attached hydrogens (primary N) is 1. The molecule has 0 bridgehead atoms. The molecule has 0 aromatic heterocycles. The molecular formula is C13H20N4. The molecule has 3 N–H and O–H groups in total. The van der Waals surface area contributed by atoms with Crippen molar-refractivity contribution in [3.05, 3.63) is 30.3 Å². The van der Waals surface area contributed by atoms with Crippen LogP contribution >= 0.6 is 0 Å². The van der Waals surface area contributed by atoms with Gasteiger partial charge in [0, 0.05) is 13.6 Å². The highest BCUT2D eigenvalue weighted by molar-refractivity contribution is 5.82. The molecule has 0 saturated heterocycles. The van der Waals surface area contributed by atoms with Crippen LogP contribution in [0.5, 0.6) is 0 Å². The van der Waals surface area contributed by atoms with Crippen LogP contribution in [0.15, 0.2) is 35.3 Å². The van der Waals surface area contributed by atoms with Gasteiger partial charge in [-0.15, -0.1) is 0 Å². The van der Waals surface area contributed by atoms with E-state index < -0.39 is 0 Å². The van der Waals surface area contributed by atoms with E-state index in [9.17, 15) is 0 Å². The third-order valence-corrected chi connectivity index (χ3v) is 3.27. The molecule has 2 unspecified atom stereocenters. The minimum absolute atomic E-state index is 0.718. The maximum atomic E-state index is 5.53. The zero-order chi connectivity index (χ0) is 12.3. The normalized spacial score (nSPS) is 23.4. The van der Waals surface area contributed by atoms with Gasteiger partial charge in [0.1, 0.15) is 0 Å². The van der Waals surface area contributed by atoms with Crippen LogP contribution in [0.3, 0.4) is 0 Å². The molecule has 1 saturated carbocycles. The topological polar surface area (TPSA) is 53.6 Å². The predicted molar refractivity (Wildman–Crippen MR) is 70.8 cm³/mol. The van der Waals surface area contributed by atoms with Crippen LogP contribution in [0, 0.1) is 11.8 Å². The van der Waals surface area contributed by atoms with Gasteiger partial charge >= 0.3 is 0 Å². The minimum atomic E-state index is 0.718. The quantitative estimate of drug-likeness (QED) is 0.361. The number of benzene rings is 1. The first-order valence-electron chi connectivity index (χ1n) is 6.02. The van der Waals surface area contributed by atoms with E-state index in [1.807, 2.05) is 37.4 Å². The molecule has 0 radical (unpaired) electrons. The molecule has 1 fully saturated rings. The number of hydrogen-bond donors (Lipinski definition) is 2. The number of aliphatic imine (C=N–C) groups is 1. The maximum Gasteiger partial charge on any atom is 0.213 e. The Labute approximate surface area is 102 Å². The Kier molecular flexibility index (Phi) is 3.64. The first-order valence-corrected chi connectivity index (χ1v) is 6.02. The summed E-state index contributed by atoms with van der Waals surface area (Å²) in [7, 11) is 2.02. The molecule has 1 aliphatic carbocycles. The van der Waals surface area contributed by atoms with Gasteiger partial charge in [-0.25, -0.2) is 10.8 Å². The van der Waals surface area contributed by atoms with Gasteiger partial charge in [-0.1, -0.05) is 25.1 Å². The van der Waals surface area contributed by atoms with Gasteiger partial charge in [0.2, 0.25) is 5.96 Å². The van der Waals surface area contributed by atoms with Gasteiger partial charge in [0.25, 0.3) is 0 Å². The van der Waals surface area contributed by atoms with E-state index in [1.54, 1.807) is 0 Å². The molecule has 2 atom stereocenters. The average molecular weight is 232 g/mol. The maximum absolute atomic E-state index is 5.53. The van der Waals surface area contributed by atoms with E-state index in [1.165, 1.54) is 6.42 Å². The van der Waals surface area contributed by atoms with Crippen molar-refractivity contribution < 1.29 is 0 Å². The predicted octanol–water partition coefficient (Wildman–Crippen LogP) is 1.73. The molecule has 0 spiro atoms. The summed E-state index contributed by atoms with van der Waals surface area (Å²) >= 11 is 0. The van der Waals surface area contributed by atoms with Crippen LogP contribution in [0.25, 0.3) is 0 Å². The molecule has 1 aromatic rings. The molecule has 0 heterocycles. The second-order valence-corrected chi connectivity index (χ2v) is 4.77. The zero-order valence-electron chi connectivity index (χ0n) is 10.4. The van der Waals surface area contributed by atoms with Gasteiger partial charge in [0.15, 0.2) is 0 Å². The Morgan fingerprint density at radius 1 is 1.47 bits per heavy atom. The molecule has 17 heavy (non-hydrogen) atoms. The summed E-state index contributed by atoms with van der Waals surface area (Å²) in [5.41, 5.74) is 3.59. The monoisotopic (exact) mass is 232 g/mol. The van der Waals surface area contributed by atoms with E-state index in [4.69, 9.17) is 5.84 Å². The van der Waals surface area contributed by atoms with Crippen LogP contribution in [-0.2, 0) is 0 Å². The van der Waals surface area contributed by atoms with Gasteiger partial charge in [-0.3, -0.25) is 5.43 Å². The second-order valence-electron chi connectivity index (χ2n) is 4.77.